The largest absolute Gasteiger partial charge is 0.481 e. The van der Waals surface area contributed by atoms with Gasteiger partial charge in [-0.1, -0.05) is 6.92 Å². The Labute approximate surface area is 247 Å². The molecule has 4 aromatic rings. The minimum Gasteiger partial charge on any atom is -0.481 e. The molecule has 1 aliphatic carbocycles. The van der Waals surface area contributed by atoms with Crippen molar-refractivity contribution in [3.05, 3.63) is 63.8 Å². The van der Waals surface area contributed by atoms with Gasteiger partial charge in [0.05, 0.1) is 29.7 Å². The number of anilines is 2. The van der Waals surface area contributed by atoms with E-state index in [2.05, 4.69) is 30.7 Å². The van der Waals surface area contributed by atoms with Crippen molar-refractivity contribution in [2.45, 2.75) is 56.4 Å². The monoisotopic (exact) mass is 612 g/mol. The predicted molar refractivity (Wildman–Crippen MR) is 152 cm³/mol. The number of halogens is 4. The molecule has 1 amide bonds. The highest BCUT2D eigenvalue weighted by atomic mass is 19.4. The molecule has 0 spiro atoms. The van der Waals surface area contributed by atoms with Crippen LogP contribution in [0.3, 0.4) is 0 Å². The van der Waals surface area contributed by atoms with Gasteiger partial charge in [0.15, 0.2) is 11.2 Å². The number of carbonyl (C=O) groups excluding carboxylic acids is 1. The van der Waals surface area contributed by atoms with Gasteiger partial charge in [-0.2, -0.15) is 13.2 Å². The molecule has 1 saturated carbocycles. The van der Waals surface area contributed by atoms with Crippen LogP contribution >= 0.6 is 0 Å². The van der Waals surface area contributed by atoms with Gasteiger partial charge in [-0.05, 0) is 43.5 Å². The van der Waals surface area contributed by atoms with Crippen LogP contribution in [0.15, 0.2) is 41.3 Å². The van der Waals surface area contributed by atoms with E-state index in [0.29, 0.717) is 48.2 Å². The van der Waals surface area contributed by atoms with Crippen molar-refractivity contribution in [1.29, 1.82) is 0 Å². The van der Waals surface area contributed by atoms with Gasteiger partial charge >= 0.3 is 6.18 Å². The average molecular weight is 613 g/mol. The SMILES string of the molecule is COc1cc(-n2nc3c(=O)c(N4CCN[C@H]5CC[C@@H]54)c4n(c3n2)C(C(=O)Nc2ccc(C(F)(F)F)cc2F)CC4C)ccn1. The number of aromatic nitrogens is 5. The molecule has 2 fully saturated rings. The number of nitrogens with zero attached hydrogens (tertiary/aromatic N) is 6. The lowest BCUT2D eigenvalue weighted by Gasteiger charge is -2.50. The molecule has 2 unspecified atom stereocenters. The van der Waals surface area contributed by atoms with Crippen LogP contribution in [0.5, 0.6) is 5.88 Å². The lowest BCUT2D eigenvalue weighted by atomic mass is 9.82. The van der Waals surface area contributed by atoms with Gasteiger partial charge in [-0.15, -0.1) is 15.0 Å². The Balaban J connectivity index is 1.37. The first-order chi connectivity index (χ1) is 21.0. The molecular weight excluding hydrogens is 584 g/mol. The summed E-state index contributed by atoms with van der Waals surface area (Å²) in [5, 5.41) is 15.1. The highest BCUT2D eigenvalue weighted by Crippen LogP contribution is 2.44. The fourth-order valence-electron chi connectivity index (χ4n) is 6.57. The molecule has 1 saturated heterocycles. The van der Waals surface area contributed by atoms with Crippen molar-refractivity contribution < 1.29 is 27.1 Å². The summed E-state index contributed by atoms with van der Waals surface area (Å²) in [7, 11) is 1.47. The smallest absolute Gasteiger partial charge is 0.416 e. The summed E-state index contributed by atoms with van der Waals surface area (Å²) in [6, 6.07) is 4.62. The van der Waals surface area contributed by atoms with Crippen molar-refractivity contribution in [3.63, 3.8) is 0 Å². The highest BCUT2D eigenvalue weighted by molar-refractivity contribution is 5.96. The van der Waals surface area contributed by atoms with Crippen LogP contribution in [-0.4, -0.2) is 62.7 Å². The number of ether oxygens (including phenoxy) is 1. The summed E-state index contributed by atoms with van der Waals surface area (Å²) in [5.41, 5.74) is -0.0428. The Kier molecular flexibility index (Phi) is 6.60. The lowest BCUT2D eigenvalue weighted by Crippen LogP contribution is -2.64. The van der Waals surface area contributed by atoms with Gasteiger partial charge in [-0.3, -0.25) is 9.59 Å². The Hall–Kier alpha value is -4.53. The highest BCUT2D eigenvalue weighted by Gasteiger charge is 2.45. The van der Waals surface area contributed by atoms with Gasteiger partial charge in [0.1, 0.15) is 17.5 Å². The Bertz CT molecular complexity index is 1850. The maximum Gasteiger partial charge on any atom is 0.416 e. The van der Waals surface area contributed by atoms with Gasteiger partial charge in [-0.25, -0.2) is 9.37 Å². The van der Waals surface area contributed by atoms with Gasteiger partial charge < -0.3 is 24.8 Å². The second kappa shape index (κ2) is 10.3. The van der Waals surface area contributed by atoms with E-state index < -0.39 is 29.5 Å². The first-order valence-corrected chi connectivity index (χ1v) is 14.3. The first-order valence-electron chi connectivity index (χ1n) is 14.3. The molecule has 7 rings (SSSR count). The quantitative estimate of drug-likeness (QED) is 0.327. The number of carbonyl (C=O) groups is 1. The second-order valence-electron chi connectivity index (χ2n) is 11.4. The third-order valence-corrected chi connectivity index (χ3v) is 8.81. The zero-order valence-electron chi connectivity index (χ0n) is 23.7. The molecular formula is C29H28F4N8O3. The molecule has 5 heterocycles. The number of alkyl halides is 3. The number of hydrogen-bond donors (Lipinski definition) is 2. The van der Waals surface area contributed by atoms with E-state index in [0.717, 1.165) is 18.9 Å². The van der Waals surface area contributed by atoms with Crippen molar-refractivity contribution >= 4 is 28.4 Å². The van der Waals surface area contributed by atoms with Gasteiger partial charge in [0.25, 0.3) is 0 Å². The Morgan fingerprint density at radius 2 is 1.98 bits per heavy atom. The maximum absolute atomic E-state index is 14.7. The standard InChI is InChI=1S/C29H28F4N8O3/c1-14-11-21(28(43)36-18-4-3-15(12-17(18)30)29(31,32)33)40-24(14)25(39-10-9-34-19-5-6-20(19)39)26(42)23-27(40)38-41(37-23)16-7-8-35-22(13-16)44-2/h3-4,7-8,12-14,19-21,34H,5-6,9-11H2,1-2H3,(H,36,43)/t14?,19-,20-,21?/m0/s1. The minimum absolute atomic E-state index is 0.0570. The molecule has 15 heteroatoms. The number of methoxy groups -OCH3 is 1. The zero-order valence-corrected chi connectivity index (χ0v) is 23.7. The summed E-state index contributed by atoms with van der Waals surface area (Å²) in [5.74, 6) is -1.81. The zero-order chi connectivity index (χ0) is 30.9. The molecule has 230 valence electrons. The summed E-state index contributed by atoms with van der Waals surface area (Å²) >= 11 is 0. The van der Waals surface area contributed by atoms with Crippen molar-refractivity contribution in [2.75, 3.05) is 30.4 Å². The molecule has 11 nitrogen and oxygen atoms in total. The number of pyridine rings is 2. The van der Waals surface area contributed by atoms with E-state index >= 15 is 0 Å². The van der Waals surface area contributed by atoms with E-state index in [1.807, 2.05) is 6.92 Å². The number of benzene rings is 1. The Morgan fingerprint density at radius 1 is 1.16 bits per heavy atom. The van der Waals surface area contributed by atoms with E-state index in [-0.39, 0.29) is 46.7 Å². The maximum atomic E-state index is 14.7. The first kappa shape index (κ1) is 28.3. The number of amides is 1. The summed E-state index contributed by atoms with van der Waals surface area (Å²) in [6.07, 6.45) is -1.06. The Morgan fingerprint density at radius 3 is 2.68 bits per heavy atom. The van der Waals surface area contributed by atoms with Crippen LogP contribution in [0.25, 0.3) is 16.9 Å². The van der Waals surface area contributed by atoms with Crippen molar-refractivity contribution in [3.8, 4) is 11.6 Å². The molecule has 3 aliphatic rings. The van der Waals surface area contributed by atoms with Crippen LogP contribution in [0.1, 0.15) is 49.4 Å². The number of piperazine rings is 1. The molecule has 44 heavy (non-hydrogen) atoms. The third-order valence-electron chi connectivity index (χ3n) is 8.81. The van der Waals surface area contributed by atoms with E-state index in [4.69, 9.17) is 4.74 Å². The molecule has 2 aliphatic heterocycles. The fraction of sp³-hybridized carbons (Fsp3) is 0.414. The summed E-state index contributed by atoms with van der Waals surface area (Å²) in [4.78, 5) is 35.5. The molecule has 4 atom stereocenters. The van der Waals surface area contributed by atoms with Crippen LogP contribution in [0, 0.1) is 5.82 Å². The van der Waals surface area contributed by atoms with Crippen molar-refractivity contribution in [1.82, 2.24) is 29.9 Å². The number of rotatable bonds is 5. The topological polar surface area (TPSA) is 119 Å². The normalized spacial score (nSPS) is 22.8. The number of fused-ring (bicyclic) bond motifs is 4. The molecule has 0 bridgehead atoms. The van der Waals surface area contributed by atoms with E-state index in [9.17, 15) is 27.2 Å². The lowest BCUT2D eigenvalue weighted by molar-refractivity contribution is -0.137. The molecule has 1 aromatic carbocycles. The molecule has 2 N–H and O–H groups in total. The summed E-state index contributed by atoms with van der Waals surface area (Å²) in [6.45, 7) is 3.18. The molecule has 3 aromatic heterocycles. The number of nitrogens with one attached hydrogen (secondary N) is 2. The van der Waals surface area contributed by atoms with Crippen LogP contribution in [0.2, 0.25) is 0 Å². The van der Waals surface area contributed by atoms with Gasteiger partial charge in [0.2, 0.25) is 17.2 Å². The van der Waals surface area contributed by atoms with E-state index in [1.54, 1.807) is 16.7 Å². The molecule has 0 radical (unpaired) electrons. The average Bonchev–Trinajstić information content (AvgIpc) is 3.57. The fourth-order valence-corrected chi connectivity index (χ4v) is 6.57. The van der Waals surface area contributed by atoms with Crippen LogP contribution < -0.4 is 25.7 Å². The van der Waals surface area contributed by atoms with E-state index in [1.165, 1.54) is 18.1 Å². The second-order valence-corrected chi connectivity index (χ2v) is 11.4. The third kappa shape index (κ3) is 4.48. The summed E-state index contributed by atoms with van der Waals surface area (Å²) < 4.78 is 60.9. The van der Waals surface area contributed by atoms with Crippen molar-refractivity contribution in [2.24, 2.45) is 0 Å². The van der Waals surface area contributed by atoms with Gasteiger partial charge in [0, 0.05) is 43.4 Å². The van der Waals surface area contributed by atoms with Crippen LogP contribution in [-0.2, 0) is 11.0 Å². The number of hydrogen-bond acceptors (Lipinski definition) is 8. The van der Waals surface area contributed by atoms with Crippen LogP contribution in [0.4, 0.5) is 28.9 Å². The predicted octanol–water partition coefficient (Wildman–Crippen LogP) is 3.77. The minimum atomic E-state index is -4.73.